The van der Waals surface area contributed by atoms with Crippen molar-refractivity contribution >= 4 is 17.4 Å². The number of ether oxygens (including phenoxy) is 2. The summed E-state index contributed by atoms with van der Waals surface area (Å²) >= 11 is 6.25. The van der Waals surface area contributed by atoms with E-state index in [0.717, 1.165) is 0 Å². The fourth-order valence-electron chi connectivity index (χ4n) is 1.95. The van der Waals surface area contributed by atoms with Gasteiger partial charge in [0.25, 0.3) is 0 Å². The highest BCUT2D eigenvalue weighted by Crippen LogP contribution is 2.31. The van der Waals surface area contributed by atoms with Crippen molar-refractivity contribution in [1.82, 2.24) is 0 Å². The largest absolute Gasteiger partial charge is 0.373 e. The molecule has 100 valence electrons. The van der Waals surface area contributed by atoms with Crippen LogP contribution in [0.15, 0.2) is 54.1 Å². The lowest BCUT2D eigenvalue weighted by molar-refractivity contribution is -0.0136. The van der Waals surface area contributed by atoms with Crippen LogP contribution in [-0.4, -0.2) is 31.2 Å². The highest BCUT2D eigenvalue weighted by Gasteiger charge is 2.36. The molecule has 1 aromatic carbocycles. The third-order valence-electron chi connectivity index (χ3n) is 3.07. The molecule has 2 atom stereocenters. The van der Waals surface area contributed by atoms with Gasteiger partial charge in [-0.3, -0.25) is 4.79 Å². The van der Waals surface area contributed by atoms with Gasteiger partial charge in [0, 0.05) is 25.4 Å². The number of carbonyl (C=O) groups is 1. The molecule has 2 rings (SSSR count). The van der Waals surface area contributed by atoms with E-state index in [1.165, 1.54) is 14.2 Å². The molecule has 0 aliphatic heterocycles. The number of hydrogen-bond acceptors (Lipinski definition) is 3. The first-order chi connectivity index (χ1) is 9.10. The number of benzene rings is 1. The molecule has 3 nitrogen and oxygen atoms in total. The zero-order chi connectivity index (χ0) is 13.9. The predicted octanol–water partition coefficient (Wildman–Crippen LogP) is 2.96. The summed E-state index contributed by atoms with van der Waals surface area (Å²) in [7, 11) is 3.03. The second-order valence-corrected chi connectivity index (χ2v) is 4.80. The number of allylic oxidation sites excluding steroid dienone is 2. The second kappa shape index (κ2) is 5.70. The van der Waals surface area contributed by atoms with Gasteiger partial charge in [-0.1, -0.05) is 48.0 Å². The van der Waals surface area contributed by atoms with Gasteiger partial charge in [0.05, 0.1) is 0 Å². The number of ketones is 1. The van der Waals surface area contributed by atoms with Gasteiger partial charge >= 0.3 is 0 Å². The predicted molar refractivity (Wildman–Crippen MR) is 74.4 cm³/mol. The van der Waals surface area contributed by atoms with E-state index < -0.39 is 11.2 Å². The van der Waals surface area contributed by atoms with Gasteiger partial charge in [0.2, 0.25) is 0 Å². The van der Waals surface area contributed by atoms with Crippen LogP contribution in [-0.2, 0) is 9.47 Å². The Balaban J connectivity index is 2.28. The number of alkyl halides is 1. The molecular formula is C15H15ClO3. The highest BCUT2D eigenvalue weighted by molar-refractivity contribution is 6.25. The molecule has 0 heterocycles. The minimum atomic E-state index is -1.06. The number of methoxy groups -OCH3 is 2. The minimum Gasteiger partial charge on any atom is -0.373 e. The van der Waals surface area contributed by atoms with Gasteiger partial charge in [-0.2, -0.15) is 0 Å². The summed E-state index contributed by atoms with van der Waals surface area (Å²) in [4.78, 5) is 12.3. The van der Waals surface area contributed by atoms with E-state index in [0.29, 0.717) is 11.1 Å². The van der Waals surface area contributed by atoms with Crippen LogP contribution in [0, 0.1) is 0 Å². The van der Waals surface area contributed by atoms with E-state index in [-0.39, 0.29) is 5.78 Å². The second-order valence-electron chi connectivity index (χ2n) is 4.21. The topological polar surface area (TPSA) is 35.5 Å². The van der Waals surface area contributed by atoms with Crippen molar-refractivity contribution in [2.75, 3.05) is 14.2 Å². The van der Waals surface area contributed by atoms with E-state index in [1.807, 2.05) is 18.2 Å². The molecule has 1 aromatic rings. The average molecular weight is 279 g/mol. The Morgan fingerprint density at radius 2 is 1.95 bits per heavy atom. The van der Waals surface area contributed by atoms with Gasteiger partial charge in [-0.15, -0.1) is 0 Å². The molecule has 0 unspecified atom stereocenters. The lowest BCUT2D eigenvalue weighted by atomic mass is 9.95. The van der Waals surface area contributed by atoms with Gasteiger partial charge < -0.3 is 9.47 Å². The zero-order valence-electron chi connectivity index (χ0n) is 10.8. The molecule has 1 aliphatic rings. The molecule has 4 heteroatoms. The van der Waals surface area contributed by atoms with Gasteiger partial charge in [-0.05, 0) is 12.2 Å². The fraction of sp³-hybridized carbons (Fsp3) is 0.267. The quantitative estimate of drug-likeness (QED) is 0.627. The summed E-state index contributed by atoms with van der Waals surface area (Å²) in [6.07, 6.45) is 4.48. The molecular weight excluding hydrogens is 264 g/mol. The maximum absolute atomic E-state index is 12.3. The standard InChI is InChI=1S/C15H15ClO3/c1-18-13-10-12(8-9-15(13,16)19-2)14(17)11-6-4-3-5-7-11/h3-10,13H,1-2H3/t13-,15+/m0/s1. The van der Waals surface area contributed by atoms with E-state index in [4.69, 9.17) is 21.1 Å². The summed E-state index contributed by atoms with van der Waals surface area (Å²) in [6.45, 7) is 0. The van der Waals surface area contributed by atoms with Gasteiger partial charge in [-0.25, -0.2) is 0 Å². The molecule has 0 spiro atoms. The normalized spacial score (nSPS) is 26.1. The SMILES string of the molecule is CO[C@H]1C=C(C(=O)c2ccccc2)C=C[C@@]1(Cl)OC. The fourth-order valence-corrected chi connectivity index (χ4v) is 2.17. The molecule has 0 aromatic heterocycles. The lowest BCUT2D eigenvalue weighted by Crippen LogP contribution is -2.39. The lowest BCUT2D eigenvalue weighted by Gasteiger charge is -2.31. The van der Waals surface area contributed by atoms with Crippen molar-refractivity contribution in [2.24, 2.45) is 0 Å². The summed E-state index contributed by atoms with van der Waals surface area (Å²) in [5.74, 6) is -0.0614. The van der Waals surface area contributed by atoms with Crippen LogP contribution in [0.2, 0.25) is 0 Å². The monoisotopic (exact) mass is 278 g/mol. The third-order valence-corrected chi connectivity index (χ3v) is 3.57. The van der Waals surface area contributed by atoms with E-state index in [2.05, 4.69) is 0 Å². The summed E-state index contributed by atoms with van der Waals surface area (Å²) in [6, 6.07) is 9.08. The van der Waals surface area contributed by atoms with Crippen molar-refractivity contribution in [3.8, 4) is 0 Å². The van der Waals surface area contributed by atoms with E-state index in [9.17, 15) is 4.79 Å². The molecule has 0 bridgehead atoms. The smallest absolute Gasteiger partial charge is 0.192 e. The van der Waals surface area contributed by atoms with Crippen LogP contribution < -0.4 is 0 Å². The first-order valence-corrected chi connectivity index (χ1v) is 6.26. The van der Waals surface area contributed by atoms with Crippen molar-refractivity contribution in [2.45, 2.75) is 11.2 Å². The van der Waals surface area contributed by atoms with Crippen molar-refractivity contribution in [3.63, 3.8) is 0 Å². The average Bonchev–Trinajstić information content (AvgIpc) is 2.48. The highest BCUT2D eigenvalue weighted by atomic mass is 35.5. The Labute approximate surface area is 117 Å². The van der Waals surface area contributed by atoms with Crippen LogP contribution in [0.4, 0.5) is 0 Å². The Kier molecular flexibility index (Phi) is 4.20. The summed E-state index contributed by atoms with van der Waals surface area (Å²) in [5.41, 5.74) is 1.18. The first-order valence-electron chi connectivity index (χ1n) is 5.88. The Morgan fingerprint density at radius 3 is 2.53 bits per heavy atom. The van der Waals surface area contributed by atoms with Crippen LogP contribution in [0.3, 0.4) is 0 Å². The summed E-state index contributed by atoms with van der Waals surface area (Å²) in [5, 5.41) is -1.06. The number of Topliss-reactive ketones (excluding diaryl/α,β-unsaturated/α-hetero) is 1. The Hall–Kier alpha value is -1.42. The molecule has 0 amide bonds. The van der Waals surface area contributed by atoms with Crippen LogP contribution in [0.5, 0.6) is 0 Å². The van der Waals surface area contributed by atoms with Crippen LogP contribution in [0.1, 0.15) is 10.4 Å². The third kappa shape index (κ3) is 2.78. The Bertz CT molecular complexity index is 521. The summed E-state index contributed by atoms with van der Waals surface area (Å²) < 4.78 is 10.5. The number of halogens is 1. The molecule has 0 saturated heterocycles. The minimum absolute atomic E-state index is 0.0614. The van der Waals surface area contributed by atoms with Crippen molar-refractivity contribution < 1.29 is 14.3 Å². The van der Waals surface area contributed by atoms with Crippen LogP contribution >= 0.6 is 11.6 Å². The van der Waals surface area contributed by atoms with Gasteiger partial charge in [0.1, 0.15) is 6.10 Å². The Morgan fingerprint density at radius 1 is 1.26 bits per heavy atom. The molecule has 0 fully saturated rings. The maximum Gasteiger partial charge on any atom is 0.192 e. The van der Waals surface area contributed by atoms with Crippen molar-refractivity contribution in [1.29, 1.82) is 0 Å². The maximum atomic E-state index is 12.3. The number of rotatable bonds is 4. The van der Waals surface area contributed by atoms with E-state index in [1.54, 1.807) is 30.4 Å². The molecule has 0 saturated carbocycles. The number of hydrogen-bond donors (Lipinski definition) is 0. The van der Waals surface area contributed by atoms with Crippen molar-refractivity contribution in [3.05, 3.63) is 59.7 Å². The first kappa shape index (κ1) is 14.0. The van der Waals surface area contributed by atoms with Crippen LogP contribution in [0.25, 0.3) is 0 Å². The number of carbonyl (C=O) groups excluding carboxylic acids is 1. The molecule has 1 aliphatic carbocycles. The van der Waals surface area contributed by atoms with Gasteiger partial charge in [0.15, 0.2) is 10.8 Å². The zero-order valence-corrected chi connectivity index (χ0v) is 11.6. The molecule has 0 N–H and O–H groups in total. The van der Waals surface area contributed by atoms with E-state index >= 15 is 0 Å². The molecule has 19 heavy (non-hydrogen) atoms. The molecule has 0 radical (unpaired) electrons.